The summed E-state index contributed by atoms with van der Waals surface area (Å²) in [6, 6.07) is 0. The first kappa shape index (κ1) is 10.7. The van der Waals surface area contributed by atoms with Gasteiger partial charge in [0.15, 0.2) is 10.7 Å². The normalized spacial score (nSPS) is 12.6. The lowest BCUT2D eigenvalue weighted by atomic mass is 11.1. The van der Waals surface area contributed by atoms with E-state index in [2.05, 4.69) is 16.7 Å². The van der Waals surface area contributed by atoms with Crippen molar-refractivity contribution < 1.29 is 0 Å². The first-order chi connectivity index (χ1) is 4.70. The standard InChI is InChI=1S/C3H9N3S4/c1-8-10-3(9-7)6-2(4)5/h3,7H,1H3,(H4,4,5,6). The Bertz CT molecular complexity index is 112. The third-order valence-electron chi connectivity index (χ3n) is 0.523. The van der Waals surface area contributed by atoms with Crippen LogP contribution >= 0.6 is 44.0 Å². The van der Waals surface area contributed by atoms with Crippen molar-refractivity contribution in [3.05, 3.63) is 0 Å². The van der Waals surface area contributed by atoms with Crippen LogP contribution in [0.4, 0.5) is 0 Å². The molecule has 3 nitrogen and oxygen atoms in total. The van der Waals surface area contributed by atoms with Gasteiger partial charge in [-0.15, -0.1) is 11.7 Å². The minimum absolute atomic E-state index is 0.0108. The summed E-state index contributed by atoms with van der Waals surface area (Å²) in [5.74, 6) is 0.105. The van der Waals surface area contributed by atoms with E-state index in [4.69, 9.17) is 11.5 Å². The number of thiol groups is 1. The molecule has 0 aromatic rings. The minimum Gasteiger partial charge on any atom is -0.370 e. The van der Waals surface area contributed by atoms with Gasteiger partial charge in [0.1, 0.15) is 0 Å². The summed E-state index contributed by atoms with van der Waals surface area (Å²) in [5.41, 5.74) is 10.3. The second-order valence-electron chi connectivity index (χ2n) is 1.23. The van der Waals surface area contributed by atoms with Gasteiger partial charge < -0.3 is 11.5 Å². The van der Waals surface area contributed by atoms with E-state index in [-0.39, 0.29) is 10.7 Å². The van der Waals surface area contributed by atoms with E-state index in [1.807, 2.05) is 6.26 Å². The molecule has 0 aromatic carbocycles. The van der Waals surface area contributed by atoms with Gasteiger partial charge in [-0.1, -0.05) is 32.4 Å². The molecule has 0 fully saturated rings. The maximum atomic E-state index is 5.16. The summed E-state index contributed by atoms with van der Waals surface area (Å²) < 4.78 is -0.0108. The average molecular weight is 215 g/mol. The first-order valence-corrected chi connectivity index (χ1v) is 6.84. The highest BCUT2D eigenvalue weighted by Crippen LogP contribution is 2.34. The molecule has 0 radical (unpaired) electrons. The van der Waals surface area contributed by atoms with Gasteiger partial charge in [-0.05, 0) is 6.26 Å². The Morgan fingerprint density at radius 2 is 2.20 bits per heavy atom. The van der Waals surface area contributed by atoms with Gasteiger partial charge in [-0.3, -0.25) is 0 Å². The molecule has 0 amide bonds. The highest BCUT2D eigenvalue weighted by Gasteiger charge is 2.03. The van der Waals surface area contributed by atoms with E-state index in [9.17, 15) is 0 Å². The number of hydrogen-bond acceptors (Lipinski definition) is 5. The van der Waals surface area contributed by atoms with Crippen LogP contribution in [0.25, 0.3) is 0 Å². The Balaban J connectivity index is 3.71. The van der Waals surface area contributed by atoms with Crippen molar-refractivity contribution in [1.82, 2.24) is 0 Å². The van der Waals surface area contributed by atoms with Gasteiger partial charge in [0.25, 0.3) is 0 Å². The van der Waals surface area contributed by atoms with Crippen molar-refractivity contribution in [2.45, 2.75) is 4.71 Å². The first-order valence-electron chi connectivity index (χ1n) is 2.29. The Labute approximate surface area is 77.4 Å². The number of rotatable bonds is 4. The quantitative estimate of drug-likeness (QED) is 0.216. The van der Waals surface area contributed by atoms with Gasteiger partial charge >= 0.3 is 0 Å². The van der Waals surface area contributed by atoms with E-state index < -0.39 is 0 Å². The van der Waals surface area contributed by atoms with Crippen LogP contribution in [0.15, 0.2) is 4.99 Å². The fourth-order valence-electron chi connectivity index (χ4n) is 0.267. The number of hydrogen-bond donors (Lipinski definition) is 3. The summed E-state index contributed by atoms with van der Waals surface area (Å²) in [6.07, 6.45) is 1.96. The second-order valence-corrected chi connectivity index (χ2v) is 5.37. The highest BCUT2D eigenvalue weighted by molar-refractivity contribution is 8.82. The molecule has 0 heterocycles. The molecule has 0 spiro atoms. The summed E-state index contributed by atoms with van der Waals surface area (Å²) in [6.45, 7) is 0. The van der Waals surface area contributed by atoms with Crippen LogP contribution in [-0.4, -0.2) is 16.9 Å². The van der Waals surface area contributed by atoms with E-state index in [0.717, 1.165) is 0 Å². The molecule has 1 unspecified atom stereocenters. The Hall–Kier alpha value is 0.670. The zero-order valence-electron chi connectivity index (χ0n) is 5.35. The molecule has 0 rings (SSSR count). The molecule has 7 heteroatoms. The molecular weight excluding hydrogens is 206 g/mol. The number of nitrogens with zero attached hydrogens (tertiary/aromatic N) is 1. The molecule has 0 aliphatic rings. The molecule has 0 aliphatic carbocycles. The lowest BCUT2D eigenvalue weighted by Gasteiger charge is -2.04. The fourth-order valence-corrected chi connectivity index (χ4v) is 3.64. The van der Waals surface area contributed by atoms with Crippen LogP contribution in [0.1, 0.15) is 0 Å². The molecular formula is C3H9N3S4. The van der Waals surface area contributed by atoms with Crippen molar-refractivity contribution in [1.29, 1.82) is 0 Å². The van der Waals surface area contributed by atoms with Crippen LogP contribution in [0.2, 0.25) is 0 Å². The number of guanidine groups is 1. The lowest BCUT2D eigenvalue weighted by molar-refractivity contribution is 1.27. The highest BCUT2D eigenvalue weighted by atomic mass is 33.1. The molecule has 0 saturated carbocycles. The molecule has 1 atom stereocenters. The maximum Gasteiger partial charge on any atom is 0.187 e. The predicted octanol–water partition coefficient (Wildman–Crippen LogP) is 1.13. The topological polar surface area (TPSA) is 64.4 Å². The molecule has 10 heavy (non-hydrogen) atoms. The summed E-state index contributed by atoms with van der Waals surface area (Å²) in [7, 11) is 4.48. The van der Waals surface area contributed by atoms with Crippen LogP contribution in [0.3, 0.4) is 0 Å². The van der Waals surface area contributed by atoms with Crippen molar-refractivity contribution in [3.63, 3.8) is 0 Å². The van der Waals surface area contributed by atoms with Crippen LogP contribution < -0.4 is 11.5 Å². The number of nitrogens with two attached hydrogens (primary N) is 2. The molecule has 0 bridgehead atoms. The predicted molar refractivity (Wildman–Crippen MR) is 57.3 cm³/mol. The average Bonchev–Trinajstić information content (AvgIpc) is 1.86. The molecule has 0 aliphatic heterocycles. The monoisotopic (exact) mass is 215 g/mol. The second kappa shape index (κ2) is 6.38. The van der Waals surface area contributed by atoms with Crippen LogP contribution in [0.5, 0.6) is 0 Å². The molecule has 4 N–H and O–H groups in total. The smallest absolute Gasteiger partial charge is 0.187 e. The van der Waals surface area contributed by atoms with Crippen molar-refractivity contribution in [2.24, 2.45) is 16.5 Å². The zero-order valence-corrected chi connectivity index (χ0v) is 8.70. The number of aliphatic imine (C=N–C) groups is 1. The Morgan fingerprint density at radius 1 is 1.60 bits per heavy atom. The minimum atomic E-state index is -0.0108. The van der Waals surface area contributed by atoms with E-state index in [1.165, 1.54) is 10.8 Å². The zero-order chi connectivity index (χ0) is 7.98. The Kier molecular flexibility index (Phi) is 6.81. The molecule has 0 aromatic heterocycles. The van der Waals surface area contributed by atoms with E-state index >= 15 is 0 Å². The van der Waals surface area contributed by atoms with Gasteiger partial charge in [0.05, 0.1) is 0 Å². The van der Waals surface area contributed by atoms with Crippen LogP contribution in [0, 0.1) is 0 Å². The van der Waals surface area contributed by atoms with Gasteiger partial charge in [0.2, 0.25) is 0 Å². The fraction of sp³-hybridized carbons (Fsp3) is 0.667. The summed E-state index contributed by atoms with van der Waals surface area (Å²) in [4.78, 5) is 3.89. The maximum absolute atomic E-state index is 5.16. The molecule has 60 valence electrons. The Morgan fingerprint density at radius 3 is 2.50 bits per heavy atom. The molecule has 0 saturated heterocycles. The SMILES string of the molecule is CSSC(N=C(N)N)SS. The lowest BCUT2D eigenvalue weighted by Crippen LogP contribution is -2.23. The van der Waals surface area contributed by atoms with Crippen molar-refractivity contribution in [3.8, 4) is 0 Å². The van der Waals surface area contributed by atoms with Gasteiger partial charge in [-0.25, -0.2) is 4.99 Å². The van der Waals surface area contributed by atoms with Gasteiger partial charge in [-0.2, -0.15) is 0 Å². The van der Waals surface area contributed by atoms with Gasteiger partial charge in [0, 0.05) is 0 Å². The van der Waals surface area contributed by atoms with E-state index in [0.29, 0.717) is 0 Å². The van der Waals surface area contributed by atoms with E-state index in [1.54, 1.807) is 21.6 Å². The van der Waals surface area contributed by atoms with Crippen molar-refractivity contribution in [2.75, 3.05) is 6.26 Å². The largest absolute Gasteiger partial charge is 0.370 e. The van der Waals surface area contributed by atoms with Crippen molar-refractivity contribution >= 4 is 50.0 Å². The summed E-state index contributed by atoms with van der Waals surface area (Å²) in [5, 5.41) is 0. The van der Waals surface area contributed by atoms with Crippen LogP contribution in [-0.2, 0) is 0 Å². The third kappa shape index (κ3) is 5.45. The summed E-state index contributed by atoms with van der Waals surface area (Å²) >= 11 is 3.99. The third-order valence-corrected chi connectivity index (χ3v) is 4.37.